The van der Waals surface area contributed by atoms with Crippen molar-refractivity contribution < 1.29 is 13.5 Å². The molecule has 0 aliphatic heterocycles. The average Bonchev–Trinajstić information content (AvgIpc) is 2.04. The Balaban J connectivity index is 3.30. The first-order valence-corrected chi connectivity index (χ1v) is 3.65. The lowest BCUT2D eigenvalue weighted by Crippen LogP contribution is -2.02. The SMILES string of the molecule is COc1ncc(N)c(C(F)F)c1C. The second kappa shape index (κ2) is 3.55. The molecule has 2 N–H and O–H groups in total. The number of nitrogens with two attached hydrogens (primary N) is 1. The molecule has 0 fully saturated rings. The standard InChI is InChI=1S/C8H10F2N2O/c1-4-6(7(9)10)5(11)3-12-8(4)13-2/h3,7H,11H2,1-2H3. The monoisotopic (exact) mass is 188 g/mol. The van der Waals surface area contributed by atoms with Gasteiger partial charge in [0.1, 0.15) is 0 Å². The summed E-state index contributed by atoms with van der Waals surface area (Å²) in [5.41, 5.74) is 5.43. The van der Waals surface area contributed by atoms with Crippen molar-refractivity contribution in [2.24, 2.45) is 0 Å². The summed E-state index contributed by atoms with van der Waals surface area (Å²) in [6.45, 7) is 1.50. The maximum atomic E-state index is 12.4. The van der Waals surface area contributed by atoms with Gasteiger partial charge in [-0.2, -0.15) is 0 Å². The minimum atomic E-state index is -2.60. The number of ether oxygens (including phenoxy) is 1. The molecule has 3 nitrogen and oxygen atoms in total. The molecule has 1 heterocycles. The van der Waals surface area contributed by atoms with E-state index in [1.165, 1.54) is 20.2 Å². The molecule has 72 valence electrons. The quantitative estimate of drug-likeness (QED) is 0.771. The van der Waals surface area contributed by atoms with Gasteiger partial charge >= 0.3 is 0 Å². The van der Waals surface area contributed by atoms with E-state index in [0.29, 0.717) is 0 Å². The van der Waals surface area contributed by atoms with Crippen molar-refractivity contribution in [2.75, 3.05) is 12.8 Å². The minimum Gasteiger partial charge on any atom is -0.481 e. The molecule has 0 atom stereocenters. The molecule has 1 rings (SSSR count). The van der Waals surface area contributed by atoms with E-state index in [-0.39, 0.29) is 22.7 Å². The zero-order valence-electron chi connectivity index (χ0n) is 7.34. The van der Waals surface area contributed by atoms with Crippen molar-refractivity contribution in [2.45, 2.75) is 13.3 Å². The second-order valence-corrected chi connectivity index (χ2v) is 2.56. The van der Waals surface area contributed by atoms with Gasteiger partial charge in [-0.3, -0.25) is 0 Å². The Morgan fingerprint density at radius 2 is 2.15 bits per heavy atom. The Hall–Kier alpha value is -1.39. The second-order valence-electron chi connectivity index (χ2n) is 2.56. The van der Waals surface area contributed by atoms with Crippen LogP contribution in [0.25, 0.3) is 0 Å². The Labute approximate surface area is 74.5 Å². The molecular weight excluding hydrogens is 178 g/mol. The van der Waals surface area contributed by atoms with E-state index < -0.39 is 6.43 Å². The lowest BCUT2D eigenvalue weighted by Gasteiger charge is -2.10. The predicted octanol–water partition coefficient (Wildman–Crippen LogP) is 1.92. The van der Waals surface area contributed by atoms with E-state index >= 15 is 0 Å². The zero-order valence-corrected chi connectivity index (χ0v) is 7.34. The minimum absolute atomic E-state index is 0.00620. The number of methoxy groups -OCH3 is 1. The number of hydrogen-bond donors (Lipinski definition) is 1. The molecule has 0 saturated heterocycles. The van der Waals surface area contributed by atoms with Crippen molar-refractivity contribution in [3.63, 3.8) is 0 Å². The fourth-order valence-electron chi connectivity index (χ4n) is 1.12. The topological polar surface area (TPSA) is 48.1 Å². The largest absolute Gasteiger partial charge is 0.481 e. The van der Waals surface area contributed by atoms with Crippen LogP contribution in [-0.2, 0) is 0 Å². The lowest BCUT2D eigenvalue weighted by atomic mass is 10.1. The molecular formula is C8H10F2N2O. The van der Waals surface area contributed by atoms with Crippen LogP contribution >= 0.6 is 0 Å². The van der Waals surface area contributed by atoms with Gasteiger partial charge in [0.25, 0.3) is 6.43 Å². The van der Waals surface area contributed by atoms with Crippen LogP contribution in [0.15, 0.2) is 6.20 Å². The predicted molar refractivity (Wildman–Crippen MR) is 44.9 cm³/mol. The van der Waals surface area contributed by atoms with Gasteiger partial charge in [0.05, 0.1) is 24.6 Å². The lowest BCUT2D eigenvalue weighted by molar-refractivity contribution is 0.151. The van der Waals surface area contributed by atoms with E-state index in [1.807, 2.05) is 0 Å². The zero-order chi connectivity index (χ0) is 10.0. The number of aromatic nitrogens is 1. The van der Waals surface area contributed by atoms with Gasteiger partial charge in [-0.15, -0.1) is 0 Å². The summed E-state index contributed by atoms with van der Waals surface area (Å²) < 4.78 is 29.7. The number of halogens is 2. The first kappa shape index (κ1) is 9.70. The van der Waals surface area contributed by atoms with Gasteiger partial charge in [-0.05, 0) is 6.92 Å². The van der Waals surface area contributed by atoms with Crippen LogP contribution in [0.2, 0.25) is 0 Å². The molecule has 0 saturated carbocycles. The third-order valence-corrected chi connectivity index (χ3v) is 1.77. The van der Waals surface area contributed by atoms with Crippen molar-refractivity contribution in [3.05, 3.63) is 17.3 Å². The number of hydrogen-bond acceptors (Lipinski definition) is 3. The highest BCUT2D eigenvalue weighted by Crippen LogP contribution is 2.31. The summed E-state index contributed by atoms with van der Waals surface area (Å²) in [5, 5.41) is 0. The van der Waals surface area contributed by atoms with E-state index in [4.69, 9.17) is 10.5 Å². The molecule has 1 aromatic rings. The molecule has 0 aliphatic rings. The third kappa shape index (κ3) is 1.68. The van der Waals surface area contributed by atoms with E-state index in [1.54, 1.807) is 0 Å². The Morgan fingerprint density at radius 3 is 2.62 bits per heavy atom. The van der Waals surface area contributed by atoms with Crippen LogP contribution in [0.1, 0.15) is 17.6 Å². The molecule has 5 heteroatoms. The highest BCUT2D eigenvalue weighted by Gasteiger charge is 2.18. The van der Waals surface area contributed by atoms with Crippen molar-refractivity contribution >= 4 is 5.69 Å². The Morgan fingerprint density at radius 1 is 1.54 bits per heavy atom. The van der Waals surface area contributed by atoms with E-state index in [2.05, 4.69) is 4.98 Å². The number of rotatable bonds is 2. The summed E-state index contributed by atoms with van der Waals surface area (Å²) in [7, 11) is 1.38. The fourth-order valence-corrected chi connectivity index (χ4v) is 1.12. The van der Waals surface area contributed by atoms with Crippen LogP contribution < -0.4 is 10.5 Å². The Bertz CT molecular complexity index is 315. The van der Waals surface area contributed by atoms with Crippen molar-refractivity contribution in [1.82, 2.24) is 4.98 Å². The number of pyridine rings is 1. The van der Waals surface area contributed by atoms with Crippen LogP contribution in [0, 0.1) is 6.92 Å². The maximum absolute atomic E-state index is 12.4. The molecule has 1 aromatic heterocycles. The van der Waals surface area contributed by atoms with Crippen molar-refractivity contribution in [1.29, 1.82) is 0 Å². The molecule has 0 unspecified atom stereocenters. The molecule has 0 bridgehead atoms. The fraction of sp³-hybridized carbons (Fsp3) is 0.375. The van der Waals surface area contributed by atoms with Crippen LogP contribution in [0.3, 0.4) is 0 Å². The maximum Gasteiger partial charge on any atom is 0.266 e. The Kier molecular flexibility index (Phi) is 2.65. The molecule has 0 aliphatic carbocycles. The summed E-state index contributed by atoms with van der Waals surface area (Å²) in [6, 6.07) is 0. The van der Waals surface area contributed by atoms with Crippen molar-refractivity contribution in [3.8, 4) is 5.88 Å². The van der Waals surface area contributed by atoms with Crippen LogP contribution in [0.5, 0.6) is 5.88 Å². The molecule has 0 spiro atoms. The van der Waals surface area contributed by atoms with Gasteiger partial charge in [0.15, 0.2) is 0 Å². The summed E-state index contributed by atoms with van der Waals surface area (Å²) in [5.74, 6) is 0.185. The summed E-state index contributed by atoms with van der Waals surface area (Å²) in [6.07, 6.45) is -1.43. The first-order valence-electron chi connectivity index (χ1n) is 3.65. The van der Waals surface area contributed by atoms with E-state index in [0.717, 1.165) is 0 Å². The van der Waals surface area contributed by atoms with Gasteiger partial charge in [-0.25, -0.2) is 13.8 Å². The summed E-state index contributed by atoms with van der Waals surface area (Å²) >= 11 is 0. The highest BCUT2D eigenvalue weighted by atomic mass is 19.3. The normalized spacial score (nSPS) is 10.5. The number of alkyl halides is 2. The molecule has 0 aromatic carbocycles. The third-order valence-electron chi connectivity index (χ3n) is 1.77. The number of anilines is 1. The average molecular weight is 188 g/mol. The molecule has 0 radical (unpaired) electrons. The van der Waals surface area contributed by atoms with Gasteiger partial charge in [0, 0.05) is 5.56 Å². The van der Waals surface area contributed by atoms with Gasteiger partial charge in [0.2, 0.25) is 5.88 Å². The smallest absolute Gasteiger partial charge is 0.266 e. The van der Waals surface area contributed by atoms with Gasteiger partial charge < -0.3 is 10.5 Å². The van der Waals surface area contributed by atoms with Crippen LogP contribution in [0.4, 0.5) is 14.5 Å². The van der Waals surface area contributed by atoms with Gasteiger partial charge in [-0.1, -0.05) is 0 Å². The van der Waals surface area contributed by atoms with E-state index in [9.17, 15) is 8.78 Å². The first-order chi connectivity index (χ1) is 6.07. The highest BCUT2D eigenvalue weighted by molar-refractivity contribution is 5.52. The summed E-state index contributed by atoms with van der Waals surface area (Å²) in [4.78, 5) is 3.76. The van der Waals surface area contributed by atoms with Crippen LogP contribution in [-0.4, -0.2) is 12.1 Å². The number of nitrogen functional groups attached to an aromatic ring is 1. The molecule has 0 amide bonds. The molecule has 13 heavy (non-hydrogen) atoms. The number of nitrogens with zero attached hydrogens (tertiary/aromatic N) is 1.